The topological polar surface area (TPSA) is 84.9 Å². The molecular formula is C18H27NO5. The molecule has 0 radical (unpaired) electrons. The highest BCUT2D eigenvalue weighted by Gasteiger charge is 2.24. The fourth-order valence-electron chi connectivity index (χ4n) is 2.07. The van der Waals surface area contributed by atoms with Crippen LogP contribution in [0.3, 0.4) is 0 Å². The number of carbonyl (C=O) groups is 2. The Morgan fingerprint density at radius 2 is 1.83 bits per heavy atom. The Bertz CT molecular complexity index is 569. The Morgan fingerprint density at radius 3 is 2.33 bits per heavy atom. The van der Waals surface area contributed by atoms with E-state index in [1.807, 2.05) is 0 Å². The lowest BCUT2D eigenvalue weighted by Crippen LogP contribution is -2.44. The van der Waals surface area contributed by atoms with E-state index in [9.17, 15) is 9.59 Å². The fraction of sp³-hybridized carbons (Fsp3) is 0.556. The van der Waals surface area contributed by atoms with Crippen molar-refractivity contribution in [1.82, 2.24) is 5.32 Å². The van der Waals surface area contributed by atoms with Gasteiger partial charge in [-0.1, -0.05) is 27.7 Å². The van der Waals surface area contributed by atoms with Gasteiger partial charge in [0.1, 0.15) is 6.04 Å². The van der Waals surface area contributed by atoms with Gasteiger partial charge in [-0.05, 0) is 36.5 Å². The van der Waals surface area contributed by atoms with Gasteiger partial charge in [-0.3, -0.25) is 4.79 Å². The lowest BCUT2D eigenvalue weighted by Gasteiger charge is -2.18. The summed E-state index contributed by atoms with van der Waals surface area (Å²) < 4.78 is 11.0. The quantitative estimate of drug-likeness (QED) is 0.723. The molecular weight excluding hydrogens is 310 g/mol. The van der Waals surface area contributed by atoms with Crippen LogP contribution in [-0.4, -0.2) is 36.7 Å². The number of aliphatic carboxylic acids is 1. The minimum Gasteiger partial charge on any atom is -0.493 e. The summed E-state index contributed by atoms with van der Waals surface area (Å²) in [7, 11) is 1.50. The summed E-state index contributed by atoms with van der Waals surface area (Å²) in [6.45, 7) is 8.27. The van der Waals surface area contributed by atoms with E-state index in [0.717, 1.165) is 6.42 Å². The monoisotopic (exact) mass is 337 g/mol. The average molecular weight is 337 g/mol. The number of carbonyl (C=O) groups excluding carboxylic acids is 1. The van der Waals surface area contributed by atoms with Gasteiger partial charge in [-0.25, -0.2) is 4.79 Å². The molecule has 0 aliphatic rings. The maximum Gasteiger partial charge on any atom is 0.326 e. The van der Waals surface area contributed by atoms with E-state index >= 15 is 0 Å². The van der Waals surface area contributed by atoms with Crippen molar-refractivity contribution < 1.29 is 24.2 Å². The summed E-state index contributed by atoms with van der Waals surface area (Å²) in [4.78, 5) is 23.5. The van der Waals surface area contributed by atoms with E-state index < -0.39 is 17.9 Å². The van der Waals surface area contributed by atoms with E-state index in [1.54, 1.807) is 32.0 Å². The molecule has 0 heterocycles. The highest BCUT2D eigenvalue weighted by molar-refractivity contribution is 5.97. The first-order chi connectivity index (χ1) is 11.3. The van der Waals surface area contributed by atoms with Gasteiger partial charge in [0.05, 0.1) is 13.7 Å². The number of nitrogens with one attached hydrogen (secondary N) is 1. The molecule has 0 fully saturated rings. The third kappa shape index (κ3) is 5.76. The van der Waals surface area contributed by atoms with Gasteiger partial charge in [-0.2, -0.15) is 0 Å². The molecule has 6 heteroatoms. The van der Waals surface area contributed by atoms with Gasteiger partial charge in [-0.15, -0.1) is 0 Å². The van der Waals surface area contributed by atoms with Crippen LogP contribution < -0.4 is 14.8 Å². The van der Waals surface area contributed by atoms with Crippen LogP contribution in [0.2, 0.25) is 0 Å². The molecule has 2 N–H and O–H groups in total. The lowest BCUT2D eigenvalue weighted by molar-refractivity contribution is -0.140. The Labute approximate surface area is 143 Å². The molecule has 0 aliphatic heterocycles. The number of benzene rings is 1. The van der Waals surface area contributed by atoms with E-state index in [-0.39, 0.29) is 5.92 Å². The van der Waals surface area contributed by atoms with Crippen LogP contribution in [0.25, 0.3) is 0 Å². The SMILES string of the molecule is COc1cc(C(=O)N[C@@H](C(=O)O)C(C)C)ccc1OCCC(C)C. The van der Waals surface area contributed by atoms with Crippen LogP contribution in [0.1, 0.15) is 44.5 Å². The normalized spacial score (nSPS) is 12.1. The minimum absolute atomic E-state index is 0.216. The Kier molecular flexibility index (Phi) is 7.55. The van der Waals surface area contributed by atoms with E-state index in [0.29, 0.717) is 29.6 Å². The van der Waals surface area contributed by atoms with Gasteiger partial charge in [0, 0.05) is 5.56 Å². The molecule has 6 nitrogen and oxygen atoms in total. The zero-order valence-electron chi connectivity index (χ0n) is 15.0. The van der Waals surface area contributed by atoms with E-state index in [4.69, 9.17) is 14.6 Å². The Hall–Kier alpha value is -2.24. The molecule has 1 atom stereocenters. The van der Waals surface area contributed by atoms with E-state index in [1.165, 1.54) is 7.11 Å². The van der Waals surface area contributed by atoms with Gasteiger partial charge in [0.25, 0.3) is 5.91 Å². The summed E-state index contributed by atoms with van der Waals surface area (Å²) in [5.74, 6) is -0.185. The third-order valence-electron chi connectivity index (χ3n) is 3.60. The molecule has 134 valence electrons. The smallest absolute Gasteiger partial charge is 0.326 e. The second-order valence-corrected chi connectivity index (χ2v) is 6.43. The predicted octanol–water partition coefficient (Wildman–Crippen LogP) is 2.96. The van der Waals surface area contributed by atoms with Crippen molar-refractivity contribution in [3.05, 3.63) is 23.8 Å². The molecule has 24 heavy (non-hydrogen) atoms. The van der Waals surface area contributed by atoms with Crippen molar-refractivity contribution in [3.63, 3.8) is 0 Å². The molecule has 1 aromatic carbocycles. The van der Waals surface area contributed by atoms with Crippen LogP contribution in [0, 0.1) is 11.8 Å². The van der Waals surface area contributed by atoms with Crippen molar-refractivity contribution in [2.24, 2.45) is 11.8 Å². The summed E-state index contributed by atoms with van der Waals surface area (Å²) in [5, 5.41) is 11.7. The minimum atomic E-state index is -1.06. The molecule has 0 saturated heterocycles. The van der Waals surface area contributed by atoms with Crippen LogP contribution in [0.4, 0.5) is 0 Å². The van der Waals surface area contributed by atoms with Crippen LogP contribution >= 0.6 is 0 Å². The molecule has 1 amide bonds. The molecule has 0 bridgehead atoms. The van der Waals surface area contributed by atoms with Gasteiger partial charge in [0.15, 0.2) is 11.5 Å². The summed E-state index contributed by atoms with van der Waals surface area (Å²) in [6, 6.07) is 3.88. The number of carboxylic acid groups (broad SMARTS) is 1. The second-order valence-electron chi connectivity index (χ2n) is 6.43. The molecule has 0 spiro atoms. The van der Waals surface area contributed by atoms with Crippen LogP contribution in [0.5, 0.6) is 11.5 Å². The van der Waals surface area contributed by atoms with Crippen LogP contribution in [0.15, 0.2) is 18.2 Å². The summed E-state index contributed by atoms with van der Waals surface area (Å²) >= 11 is 0. The van der Waals surface area contributed by atoms with Crippen molar-refractivity contribution in [2.45, 2.75) is 40.2 Å². The van der Waals surface area contributed by atoms with Gasteiger partial charge >= 0.3 is 5.97 Å². The number of hydrogen-bond acceptors (Lipinski definition) is 4. The van der Waals surface area contributed by atoms with Crippen molar-refractivity contribution >= 4 is 11.9 Å². The van der Waals surface area contributed by atoms with Crippen molar-refractivity contribution in [1.29, 1.82) is 0 Å². The number of methoxy groups -OCH3 is 1. The Morgan fingerprint density at radius 1 is 1.17 bits per heavy atom. The van der Waals surface area contributed by atoms with Gasteiger partial charge in [0.2, 0.25) is 0 Å². The first kappa shape index (κ1) is 19.8. The van der Waals surface area contributed by atoms with Crippen LogP contribution in [-0.2, 0) is 4.79 Å². The zero-order valence-corrected chi connectivity index (χ0v) is 15.0. The molecule has 0 aliphatic carbocycles. The maximum absolute atomic E-state index is 12.3. The molecule has 0 unspecified atom stereocenters. The predicted molar refractivity (Wildman–Crippen MR) is 91.7 cm³/mol. The number of ether oxygens (including phenoxy) is 2. The maximum atomic E-state index is 12.3. The second kappa shape index (κ2) is 9.15. The number of amides is 1. The number of rotatable bonds is 9. The fourth-order valence-corrected chi connectivity index (χ4v) is 2.07. The average Bonchev–Trinajstić information content (AvgIpc) is 2.51. The zero-order chi connectivity index (χ0) is 18.3. The molecule has 1 aromatic rings. The number of hydrogen-bond donors (Lipinski definition) is 2. The standard InChI is InChI=1S/C18H27NO5/c1-11(2)8-9-24-14-7-6-13(10-15(14)23-5)17(20)19-16(12(3)4)18(21)22/h6-7,10-12,16H,8-9H2,1-5H3,(H,19,20)(H,21,22)/t16-/m1/s1. The highest BCUT2D eigenvalue weighted by Crippen LogP contribution is 2.28. The van der Waals surface area contributed by atoms with Gasteiger partial charge < -0.3 is 19.9 Å². The van der Waals surface area contributed by atoms with Crippen molar-refractivity contribution in [3.8, 4) is 11.5 Å². The van der Waals surface area contributed by atoms with E-state index in [2.05, 4.69) is 19.2 Å². The first-order valence-electron chi connectivity index (χ1n) is 8.10. The summed E-state index contributed by atoms with van der Waals surface area (Å²) in [6.07, 6.45) is 0.917. The summed E-state index contributed by atoms with van der Waals surface area (Å²) in [5.41, 5.74) is 0.329. The Balaban J connectivity index is 2.85. The molecule has 0 saturated carbocycles. The molecule has 0 aromatic heterocycles. The van der Waals surface area contributed by atoms with Crippen molar-refractivity contribution in [2.75, 3.05) is 13.7 Å². The lowest BCUT2D eigenvalue weighted by atomic mass is 10.0. The number of carboxylic acids is 1. The molecule has 1 rings (SSSR count). The largest absolute Gasteiger partial charge is 0.493 e. The third-order valence-corrected chi connectivity index (χ3v) is 3.60. The first-order valence-corrected chi connectivity index (χ1v) is 8.10. The highest BCUT2D eigenvalue weighted by atomic mass is 16.5.